The molecule has 122 valence electrons. The molecule has 0 aliphatic carbocycles. The highest BCUT2D eigenvalue weighted by atomic mass is 35.5. The van der Waals surface area contributed by atoms with E-state index in [4.69, 9.17) is 16.7 Å². The molecule has 5 heteroatoms. The number of carbonyl (C=O) groups is 2. The number of nitrogens with one attached hydrogen (secondary N) is 1. The van der Waals surface area contributed by atoms with Crippen LogP contribution < -0.4 is 5.32 Å². The molecule has 1 atom stereocenters. The molecule has 0 bridgehead atoms. The third-order valence-electron chi connectivity index (χ3n) is 3.62. The van der Waals surface area contributed by atoms with Crippen molar-refractivity contribution in [2.45, 2.75) is 33.6 Å². The van der Waals surface area contributed by atoms with Crippen LogP contribution in [0.3, 0.4) is 0 Å². The molecule has 1 amide bonds. The van der Waals surface area contributed by atoms with Gasteiger partial charge >= 0.3 is 0 Å². The van der Waals surface area contributed by atoms with Crippen LogP contribution in [0.25, 0.3) is 0 Å². The number of hydrogen-bond donors (Lipinski definition) is 2. The maximum atomic E-state index is 12.2. The van der Waals surface area contributed by atoms with Gasteiger partial charge in [0.1, 0.15) is 0 Å². The summed E-state index contributed by atoms with van der Waals surface area (Å²) in [6, 6.07) is 6.67. The fraction of sp³-hybridized carbons (Fsp3) is 0.529. The number of carbonyl (C=O) groups excluding carboxylic acids is 2. The number of hydrogen-bond acceptors (Lipinski definition) is 3. The van der Waals surface area contributed by atoms with Crippen LogP contribution in [0, 0.1) is 11.3 Å². The number of halogens is 1. The van der Waals surface area contributed by atoms with Gasteiger partial charge in [0.05, 0.1) is 0 Å². The highest BCUT2D eigenvalue weighted by Gasteiger charge is 2.21. The third-order valence-corrected chi connectivity index (χ3v) is 3.87. The standard InChI is InChI=1S/C17H24ClNO3/c1-12(16(22)13-4-6-14(18)7-5-13)10-15(21)19-11-17(2,3)8-9-20/h4-7,12,20H,8-11H2,1-3H3,(H,19,21). The van der Waals surface area contributed by atoms with E-state index in [0.29, 0.717) is 23.6 Å². The molecule has 0 spiro atoms. The lowest BCUT2D eigenvalue weighted by Gasteiger charge is -2.24. The van der Waals surface area contributed by atoms with Crippen LogP contribution in [-0.2, 0) is 4.79 Å². The number of amides is 1. The zero-order valence-electron chi connectivity index (χ0n) is 13.4. The lowest BCUT2D eigenvalue weighted by molar-refractivity contribution is -0.122. The molecule has 0 radical (unpaired) electrons. The molecule has 0 fully saturated rings. The van der Waals surface area contributed by atoms with Crippen molar-refractivity contribution in [3.8, 4) is 0 Å². The maximum absolute atomic E-state index is 12.2. The molecular formula is C17H24ClNO3. The summed E-state index contributed by atoms with van der Waals surface area (Å²) in [5.74, 6) is -0.607. The Morgan fingerprint density at radius 1 is 1.27 bits per heavy atom. The Labute approximate surface area is 136 Å². The lowest BCUT2D eigenvalue weighted by atomic mass is 9.89. The molecule has 0 aliphatic rings. The normalized spacial score (nSPS) is 12.8. The highest BCUT2D eigenvalue weighted by molar-refractivity contribution is 6.30. The zero-order valence-corrected chi connectivity index (χ0v) is 14.1. The molecule has 0 heterocycles. The first-order chi connectivity index (χ1) is 10.2. The highest BCUT2D eigenvalue weighted by Crippen LogP contribution is 2.19. The van der Waals surface area contributed by atoms with Crippen molar-refractivity contribution in [2.75, 3.05) is 13.2 Å². The molecular weight excluding hydrogens is 302 g/mol. The monoisotopic (exact) mass is 325 g/mol. The molecule has 1 unspecified atom stereocenters. The van der Waals surface area contributed by atoms with Crippen molar-refractivity contribution >= 4 is 23.3 Å². The van der Waals surface area contributed by atoms with E-state index in [9.17, 15) is 9.59 Å². The summed E-state index contributed by atoms with van der Waals surface area (Å²) in [6.07, 6.45) is 0.767. The fourth-order valence-corrected chi connectivity index (χ4v) is 2.20. The molecule has 1 rings (SSSR count). The van der Waals surface area contributed by atoms with E-state index in [1.54, 1.807) is 31.2 Å². The Bertz CT molecular complexity index is 511. The van der Waals surface area contributed by atoms with Crippen molar-refractivity contribution in [3.05, 3.63) is 34.9 Å². The zero-order chi connectivity index (χ0) is 16.8. The molecule has 1 aromatic carbocycles. The van der Waals surface area contributed by atoms with Gasteiger partial charge in [-0.25, -0.2) is 0 Å². The lowest BCUT2D eigenvalue weighted by Crippen LogP contribution is -2.35. The van der Waals surface area contributed by atoms with Crippen molar-refractivity contribution in [1.82, 2.24) is 5.32 Å². The molecule has 2 N–H and O–H groups in total. The van der Waals surface area contributed by atoms with Crippen LogP contribution in [-0.4, -0.2) is 29.9 Å². The van der Waals surface area contributed by atoms with Crippen LogP contribution in [0.15, 0.2) is 24.3 Å². The predicted octanol–water partition coefficient (Wildman–Crippen LogP) is 3.07. The second-order valence-electron chi connectivity index (χ2n) is 6.39. The summed E-state index contributed by atoms with van der Waals surface area (Å²) in [5.41, 5.74) is 0.402. The van der Waals surface area contributed by atoms with Crippen molar-refractivity contribution in [1.29, 1.82) is 0 Å². The Kier molecular flexibility index (Phi) is 7.04. The van der Waals surface area contributed by atoms with Gasteiger partial charge in [0, 0.05) is 36.1 Å². The second kappa shape index (κ2) is 8.30. The number of rotatable bonds is 8. The van der Waals surface area contributed by atoms with E-state index in [-0.39, 0.29) is 36.1 Å². The third kappa shape index (κ3) is 6.16. The Balaban J connectivity index is 2.50. The van der Waals surface area contributed by atoms with Crippen LogP contribution in [0.1, 0.15) is 44.0 Å². The quantitative estimate of drug-likeness (QED) is 0.722. The summed E-state index contributed by atoms with van der Waals surface area (Å²) in [7, 11) is 0. The van der Waals surface area contributed by atoms with Gasteiger partial charge in [-0.15, -0.1) is 0 Å². The van der Waals surface area contributed by atoms with Gasteiger partial charge < -0.3 is 10.4 Å². The Morgan fingerprint density at radius 2 is 1.86 bits per heavy atom. The molecule has 0 saturated heterocycles. The second-order valence-corrected chi connectivity index (χ2v) is 6.83. The van der Waals surface area contributed by atoms with Crippen LogP contribution in [0.4, 0.5) is 0 Å². The molecule has 22 heavy (non-hydrogen) atoms. The number of aliphatic hydroxyl groups is 1. The van der Waals surface area contributed by atoms with Crippen LogP contribution >= 0.6 is 11.6 Å². The Morgan fingerprint density at radius 3 is 2.41 bits per heavy atom. The molecule has 1 aromatic rings. The van der Waals surface area contributed by atoms with Crippen molar-refractivity contribution < 1.29 is 14.7 Å². The number of aliphatic hydroxyl groups excluding tert-OH is 1. The number of Topliss-reactive ketones (excluding diaryl/α,β-unsaturated/α-hetero) is 1. The predicted molar refractivity (Wildman–Crippen MR) is 88.1 cm³/mol. The van der Waals surface area contributed by atoms with E-state index < -0.39 is 0 Å². The summed E-state index contributed by atoms with van der Waals surface area (Å²) < 4.78 is 0. The van der Waals surface area contributed by atoms with Gasteiger partial charge in [-0.2, -0.15) is 0 Å². The summed E-state index contributed by atoms with van der Waals surface area (Å²) in [6.45, 7) is 6.27. The van der Waals surface area contributed by atoms with Gasteiger partial charge in [0.25, 0.3) is 0 Å². The summed E-state index contributed by atoms with van der Waals surface area (Å²) in [5, 5.41) is 12.4. The fourth-order valence-electron chi connectivity index (χ4n) is 2.07. The molecule has 0 saturated carbocycles. The number of benzene rings is 1. The van der Waals surface area contributed by atoms with E-state index in [1.807, 2.05) is 13.8 Å². The van der Waals surface area contributed by atoms with Crippen molar-refractivity contribution in [3.63, 3.8) is 0 Å². The van der Waals surface area contributed by atoms with Gasteiger partial charge in [-0.05, 0) is 36.1 Å². The maximum Gasteiger partial charge on any atom is 0.220 e. The molecule has 4 nitrogen and oxygen atoms in total. The molecule has 0 aromatic heterocycles. The minimum Gasteiger partial charge on any atom is -0.396 e. The SMILES string of the molecule is CC(CC(=O)NCC(C)(C)CCO)C(=O)c1ccc(Cl)cc1. The minimum atomic E-state index is -0.387. The van der Waals surface area contributed by atoms with Gasteiger partial charge in [-0.3, -0.25) is 9.59 Å². The first kappa shape index (κ1) is 18.7. The molecule has 0 aliphatic heterocycles. The minimum absolute atomic E-state index is 0.0681. The van der Waals surface area contributed by atoms with Crippen LogP contribution in [0.2, 0.25) is 5.02 Å². The first-order valence-corrected chi connectivity index (χ1v) is 7.80. The summed E-state index contributed by atoms with van der Waals surface area (Å²) in [4.78, 5) is 24.2. The van der Waals surface area contributed by atoms with Crippen molar-refractivity contribution in [2.24, 2.45) is 11.3 Å². The van der Waals surface area contributed by atoms with E-state index in [2.05, 4.69) is 5.32 Å². The van der Waals surface area contributed by atoms with Gasteiger partial charge in [0.15, 0.2) is 5.78 Å². The smallest absolute Gasteiger partial charge is 0.220 e. The van der Waals surface area contributed by atoms with E-state index in [1.165, 1.54) is 0 Å². The average molecular weight is 326 g/mol. The van der Waals surface area contributed by atoms with Gasteiger partial charge in [0.2, 0.25) is 5.91 Å². The number of ketones is 1. The Hall–Kier alpha value is -1.39. The van der Waals surface area contributed by atoms with Gasteiger partial charge in [-0.1, -0.05) is 32.4 Å². The average Bonchev–Trinajstić information content (AvgIpc) is 2.45. The topological polar surface area (TPSA) is 66.4 Å². The first-order valence-electron chi connectivity index (χ1n) is 7.42. The van der Waals surface area contributed by atoms with E-state index >= 15 is 0 Å². The summed E-state index contributed by atoms with van der Waals surface area (Å²) >= 11 is 5.80. The van der Waals surface area contributed by atoms with E-state index in [0.717, 1.165) is 0 Å². The largest absolute Gasteiger partial charge is 0.396 e. The van der Waals surface area contributed by atoms with Crippen LogP contribution in [0.5, 0.6) is 0 Å².